The van der Waals surface area contributed by atoms with Crippen LogP contribution in [0.25, 0.3) is 0 Å². The molecule has 0 aliphatic heterocycles. The van der Waals surface area contributed by atoms with Crippen molar-refractivity contribution in [2.75, 3.05) is 6.54 Å². The van der Waals surface area contributed by atoms with Crippen LogP contribution in [0.5, 0.6) is 0 Å². The van der Waals surface area contributed by atoms with Crippen molar-refractivity contribution >= 4 is 0 Å². The van der Waals surface area contributed by atoms with E-state index in [0.29, 0.717) is 6.04 Å². The summed E-state index contributed by atoms with van der Waals surface area (Å²) in [4.78, 5) is 0. The molecule has 0 aliphatic rings. The second kappa shape index (κ2) is 6.77. The number of hydrogen-bond donors (Lipinski definition) is 1. The van der Waals surface area contributed by atoms with Crippen LogP contribution in [0.4, 0.5) is 0 Å². The first kappa shape index (κ1) is 14.2. The highest BCUT2D eigenvalue weighted by Gasteiger charge is 2.14. The Balaban J connectivity index is 2.74. The summed E-state index contributed by atoms with van der Waals surface area (Å²) in [5.74, 6) is 0. The maximum atomic E-state index is 5.98. The number of nitrogens with one attached hydrogen (secondary N) is 1. The summed E-state index contributed by atoms with van der Waals surface area (Å²) in [6.07, 6.45) is 0.381. The zero-order valence-electron chi connectivity index (χ0n) is 11.7. The lowest BCUT2D eigenvalue weighted by molar-refractivity contribution is 0.00615. The van der Waals surface area contributed by atoms with Gasteiger partial charge in [0.05, 0.1) is 12.2 Å². The van der Waals surface area contributed by atoms with Crippen molar-refractivity contribution in [3.8, 4) is 0 Å². The van der Waals surface area contributed by atoms with Gasteiger partial charge in [-0.2, -0.15) is 0 Å². The Morgan fingerprint density at radius 1 is 1.18 bits per heavy atom. The van der Waals surface area contributed by atoms with Gasteiger partial charge in [-0.25, -0.2) is 0 Å². The van der Waals surface area contributed by atoms with Crippen molar-refractivity contribution < 1.29 is 4.74 Å². The molecule has 1 N–H and O–H groups in total. The van der Waals surface area contributed by atoms with E-state index in [4.69, 9.17) is 4.74 Å². The number of rotatable bonds is 6. The van der Waals surface area contributed by atoms with Gasteiger partial charge in [0.25, 0.3) is 0 Å². The molecule has 2 nitrogen and oxygen atoms in total. The molecule has 0 saturated carbocycles. The second-order valence-electron chi connectivity index (χ2n) is 5.15. The average molecular weight is 235 g/mol. The van der Waals surface area contributed by atoms with Gasteiger partial charge in [-0.3, -0.25) is 0 Å². The van der Waals surface area contributed by atoms with E-state index in [1.165, 1.54) is 11.1 Å². The molecule has 1 atom stereocenters. The van der Waals surface area contributed by atoms with Gasteiger partial charge in [-0.15, -0.1) is 0 Å². The topological polar surface area (TPSA) is 21.3 Å². The highest BCUT2D eigenvalue weighted by Crippen LogP contribution is 2.19. The molecule has 1 aromatic rings. The van der Waals surface area contributed by atoms with E-state index in [9.17, 15) is 0 Å². The van der Waals surface area contributed by atoms with Gasteiger partial charge in [0.1, 0.15) is 0 Å². The molecule has 1 unspecified atom stereocenters. The molecule has 0 amide bonds. The molecule has 0 bridgehead atoms. The minimum absolute atomic E-state index is 0.136. The Bertz CT molecular complexity index is 333. The maximum Gasteiger partial charge on any atom is 0.0952 e. The van der Waals surface area contributed by atoms with Crippen LogP contribution in [0.1, 0.15) is 44.9 Å². The summed E-state index contributed by atoms with van der Waals surface area (Å²) >= 11 is 0. The summed E-state index contributed by atoms with van der Waals surface area (Å²) in [6.45, 7) is 11.5. The van der Waals surface area contributed by atoms with Crippen LogP contribution in [-0.2, 0) is 4.74 Å². The third-order valence-electron chi connectivity index (χ3n) is 2.56. The number of hydrogen-bond acceptors (Lipinski definition) is 2. The number of benzene rings is 1. The maximum absolute atomic E-state index is 5.98. The van der Waals surface area contributed by atoms with E-state index >= 15 is 0 Å². The summed E-state index contributed by atoms with van der Waals surface area (Å²) in [6, 6.07) is 9.04. The predicted molar refractivity (Wildman–Crippen MR) is 73.3 cm³/mol. The standard InChI is InChI=1S/C15H25NO/c1-11(2)16-10-15(17-12(3)4)14-8-6-7-13(5)9-14/h6-9,11-12,15-16H,10H2,1-5H3. The normalized spacial score (nSPS) is 13.4. The van der Waals surface area contributed by atoms with Crippen LogP contribution in [0.15, 0.2) is 24.3 Å². The van der Waals surface area contributed by atoms with Crippen LogP contribution in [0, 0.1) is 6.92 Å². The molecule has 0 spiro atoms. The highest BCUT2D eigenvalue weighted by molar-refractivity contribution is 5.24. The van der Waals surface area contributed by atoms with Crippen LogP contribution in [0.3, 0.4) is 0 Å². The number of aryl methyl sites for hydroxylation is 1. The quantitative estimate of drug-likeness (QED) is 0.815. The molecule has 17 heavy (non-hydrogen) atoms. The molecule has 1 rings (SSSR count). The van der Waals surface area contributed by atoms with Crippen LogP contribution in [0.2, 0.25) is 0 Å². The average Bonchev–Trinajstić information content (AvgIpc) is 2.23. The molecule has 0 aliphatic carbocycles. The molecule has 96 valence electrons. The first-order valence-corrected chi connectivity index (χ1v) is 6.44. The summed E-state index contributed by atoms with van der Waals surface area (Å²) in [5, 5.41) is 3.44. The molecule has 0 saturated heterocycles. The van der Waals surface area contributed by atoms with E-state index in [0.717, 1.165) is 6.54 Å². The van der Waals surface area contributed by atoms with Gasteiger partial charge >= 0.3 is 0 Å². The molecule has 0 radical (unpaired) electrons. The van der Waals surface area contributed by atoms with Crippen molar-refractivity contribution in [2.45, 2.75) is 52.9 Å². The lowest BCUT2D eigenvalue weighted by atomic mass is 10.1. The molecule has 2 heteroatoms. The Labute approximate surface area is 105 Å². The lowest BCUT2D eigenvalue weighted by Gasteiger charge is -2.23. The van der Waals surface area contributed by atoms with Crippen LogP contribution < -0.4 is 5.32 Å². The number of ether oxygens (including phenoxy) is 1. The summed E-state index contributed by atoms with van der Waals surface area (Å²) < 4.78 is 5.98. The molecule has 1 aromatic carbocycles. The van der Waals surface area contributed by atoms with Crippen molar-refractivity contribution in [3.63, 3.8) is 0 Å². The summed E-state index contributed by atoms with van der Waals surface area (Å²) in [5.41, 5.74) is 2.54. The SMILES string of the molecule is Cc1cccc(C(CNC(C)C)OC(C)C)c1. The third kappa shape index (κ3) is 5.33. The Morgan fingerprint density at radius 2 is 1.88 bits per heavy atom. The third-order valence-corrected chi connectivity index (χ3v) is 2.56. The van der Waals surface area contributed by atoms with Crippen molar-refractivity contribution in [1.82, 2.24) is 5.32 Å². The fourth-order valence-electron chi connectivity index (χ4n) is 1.79. The fourth-order valence-corrected chi connectivity index (χ4v) is 1.79. The van der Waals surface area contributed by atoms with Gasteiger partial charge in [0.15, 0.2) is 0 Å². The van der Waals surface area contributed by atoms with Crippen molar-refractivity contribution in [3.05, 3.63) is 35.4 Å². The Morgan fingerprint density at radius 3 is 2.41 bits per heavy atom. The molecular weight excluding hydrogens is 210 g/mol. The van der Waals surface area contributed by atoms with Crippen molar-refractivity contribution in [2.24, 2.45) is 0 Å². The van der Waals surface area contributed by atoms with Gasteiger partial charge in [-0.1, -0.05) is 43.7 Å². The van der Waals surface area contributed by atoms with Gasteiger partial charge < -0.3 is 10.1 Å². The van der Waals surface area contributed by atoms with Crippen LogP contribution >= 0.6 is 0 Å². The zero-order chi connectivity index (χ0) is 12.8. The van der Waals surface area contributed by atoms with Gasteiger partial charge in [0.2, 0.25) is 0 Å². The van der Waals surface area contributed by atoms with E-state index in [2.05, 4.69) is 64.2 Å². The molecule has 0 aromatic heterocycles. The van der Waals surface area contributed by atoms with E-state index in [-0.39, 0.29) is 12.2 Å². The lowest BCUT2D eigenvalue weighted by Crippen LogP contribution is -2.30. The van der Waals surface area contributed by atoms with Gasteiger partial charge in [0, 0.05) is 12.6 Å². The van der Waals surface area contributed by atoms with E-state index in [1.807, 2.05) is 0 Å². The fraction of sp³-hybridized carbons (Fsp3) is 0.600. The summed E-state index contributed by atoms with van der Waals surface area (Å²) in [7, 11) is 0. The van der Waals surface area contributed by atoms with Crippen molar-refractivity contribution in [1.29, 1.82) is 0 Å². The van der Waals surface area contributed by atoms with Crippen LogP contribution in [-0.4, -0.2) is 18.7 Å². The minimum Gasteiger partial charge on any atom is -0.370 e. The monoisotopic (exact) mass is 235 g/mol. The first-order valence-electron chi connectivity index (χ1n) is 6.44. The minimum atomic E-state index is 0.136. The highest BCUT2D eigenvalue weighted by atomic mass is 16.5. The van der Waals surface area contributed by atoms with Gasteiger partial charge in [-0.05, 0) is 26.3 Å². The molecule has 0 fully saturated rings. The van der Waals surface area contributed by atoms with E-state index < -0.39 is 0 Å². The predicted octanol–water partition coefficient (Wildman–Crippen LogP) is 3.46. The molecule has 0 heterocycles. The zero-order valence-corrected chi connectivity index (χ0v) is 11.7. The second-order valence-corrected chi connectivity index (χ2v) is 5.15. The Kier molecular flexibility index (Phi) is 5.66. The van der Waals surface area contributed by atoms with E-state index in [1.54, 1.807) is 0 Å². The molecular formula is C15H25NO. The first-order chi connectivity index (χ1) is 7.99. The Hall–Kier alpha value is -0.860. The largest absolute Gasteiger partial charge is 0.370 e. The smallest absolute Gasteiger partial charge is 0.0952 e.